The number of carbonyl (C=O) groups excluding carboxylic acids is 3. The van der Waals surface area contributed by atoms with E-state index < -0.39 is 6.04 Å². The second-order valence-electron chi connectivity index (χ2n) is 7.71. The van der Waals surface area contributed by atoms with Crippen molar-refractivity contribution in [2.45, 2.75) is 26.4 Å². The predicted octanol–water partition coefficient (Wildman–Crippen LogP) is 4.08. The van der Waals surface area contributed by atoms with E-state index in [1.165, 1.54) is 6.08 Å². The molecule has 1 unspecified atom stereocenters. The van der Waals surface area contributed by atoms with Gasteiger partial charge >= 0.3 is 0 Å². The minimum atomic E-state index is -0.692. The van der Waals surface area contributed by atoms with Crippen LogP contribution in [0.25, 0.3) is 6.08 Å². The Balaban J connectivity index is 1.49. The molecule has 0 aliphatic heterocycles. The number of hydrogen-bond donors (Lipinski definition) is 3. The van der Waals surface area contributed by atoms with E-state index in [2.05, 4.69) is 16.0 Å². The number of amides is 3. The van der Waals surface area contributed by atoms with Crippen molar-refractivity contribution in [1.82, 2.24) is 10.6 Å². The number of carbonyl (C=O) groups is 3. The maximum absolute atomic E-state index is 12.4. The Morgan fingerprint density at radius 1 is 0.909 bits per heavy atom. The van der Waals surface area contributed by atoms with Gasteiger partial charge in [-0.05, 0) is 55.3 Å². The molecule has 3 rings (SSSR count). The van der Waals surface area contributed by atoms with Crippen LogP contribution >= 0.6 is 0 Å². The molecule has 33 heavy (non-hydrogen) atoms. The summed E-state index contributed by atoms with van der Waals surface area (Å²) < 4.78 is 0. The lowest BCUT2D eigenvalue weighted by atomic mass is 10.1. The van der Waals surface area contributed by atoms with Gasteiger partial charge in [0.05, 0.1) is 0 Å². The number of aryl methyl sites for hydroxylation is 1. The molecule has 0 heterocycles. The zero-order valence-corrected chi connectivity index (χ0v) is 18.7. The highest BCUT2D eigenvalue weighted by molar-refractivity contribution is 6.04. The lowest BCUT2D eigenvalue weighted by molar-refractivity contribution is -0.126. The first kappa shape index (κ1) is 23.5. The average molecular weight is 442 g/mol. The van der Waals surface area contributed by atoms with Crippen molar-refractivity contribution < 1.29 is 14.4 Å². The Hall–Kier alpha value is -4.19. The van der Waals surface area contributed by atoms with Crippen LogP contribution in [0, 0.1) is 6.92 Å². The van der Waals surface area contributed by atoms with Gasteiger partial charge in [-0.1, -0.05) is 60.2 Å². The summed E-state index contributed by atoms with van der Waals surface area (Å²) in [6.45, 7) is 3.86. The lowest BCUT2D eigenvalue weighted by Crippen LogP contribution is -2.44. The fourth-order valence-electron chi connectivity index (χ4n) is 3.07. The molecule has 6 heteroatoms. The van der Waals surface area contributed by atoms with E-state index in [1.54, 1.807) is 37.3 Å². The molecule has 0 saturated carbocycles. The number of anilines is 1. The fraction of sp³-hybridized carbons (Fsp3) is 0.148. The first-order valence-electron chi connectivity index (χ1n) is 10.7. The van der Waals surface area contributed by atoms with Gasteiger partial charge in [0.2, 0.25) is 11.8 Å². The second-order valence-corrected chi connectivity index (χ2v) is 7.71. The first-order valence-corrected chi connectivity index (χ1v) is 10.7. The topological polar surface area (TPSA) is 87.3 Å². The van der Waals surface area contributed by atoms with Crippen LogP contribution in [0.2, 0.25) is 0 Å². The zero-order chi connectivity index (χ0) is 23.6. The molecule has 0 aliphatic rings. The average Bonchev–Trinajstić information content (AvgIpc) is 2.82. The summed E-state index contributed by atoms with van der Waals surface area (Å²) in [7, 11) is 0. The molecule has 3 N–H and O–H groups in total. The van der Waals surface area contributed by atoms with Crippen molar-refractivity contribution in [2.24, 2.45) is 0 Å². The molecule has 3 aromatic rings. The molecule has 0 aromatic heterocycles. The highest BCUT2D eigenvalue weighted by atomic mass is 16.2. The summed E-state index contributed by atoms with van der Waals surface area (Å²) in [5, 5.41) is 8.32. The Labute approximate surface area is 193 Å². The minimum absolute atomic E-state index is 0.198. The van der Waals surface area contributed by atoms with Crippen LogP contribution in [-0.4, -0.2) is 23.8 Å². The lowest BCUT2D eigenvalue weighted by Gasteiger charge is -2.13. The van der Waals surface area contributed by atoms with Crippen molar-refractivity contribution in [2.75, 3.05) is 5.32 Å². The molecule has 3 aromatic carbocycles. The Bertz CT molecular complexity index is 1140. The Kier molecular flexibility index (Phi) is 8.13. The van der Waals surface area contributed by atoms with Gasteiger partial charge in [0.25, 0.3) is 5.91 Å². The number of nitrogens with one attached hydrogen (secondary N) is 3. The summed E-state index contributed by atoms with van der Waals surface area (Å²) in [4.78, 5) is 36.9. The molecule has 3 amide bonds. The highest BCUT2D eigenvalue weighted by Gasteiger charge is 2.14. The largest absolute Gasteiger partial charge is 0.350 e. The normalized spacial score (nSPS) is 11.6. The fourth-order valence-corrected chi connectivity index (χ4v) is 3.07. The van der Waals surface area contributed by atoms with E-state index in [9.17, 15) is 14.4 Å². The van der Waals surface area contributed by atoms with E-state index in [1.807, 2.05) is 61.5 Å². The SMILES string of the molecule is Cc1ccc(C(=O)Nc2cccc(CNC(=O)C(C)NC(=O)/C=C/c3ccccc3)c2)cc1. The molecular weight excluding hydrogens is 414 g/mol. The van der Waals surface area contributed by atoms with Gasteiger partial charge < -0.3 is 16.0 Å². The molecule has 0 saturated heterocycles. The maximum atomic E-state index is 12.4. The molecule has 0 bridgehead atoms. The van der Waals surface area contributed by atoms with Gasteiger partial charge in [-0.15, -0.1) is 0 Å². The summed E-state index contributed by atoms with van der Waals surface area (Å²) in [5.74, 6) is -0.844. The van der Waals surface area contributed by atoms with Crippen molar-refractivity contribution in [3.63, 3.8) is 0 Å². The van der Waals surface area contributed by atoms with E-state index in [0.29, 0.717) is 11.3 Å². The monoisotopic (exact) mass is 441 g/mol. The standard InChI is InChI=1S/C27H27N3O3/c1-19-11-14-23(15-12-19)27(33)30-24-10-6-9-22(17-24)18-28-26(32)20(2)29-25(31)16-13-21-7-4-3-5-8-21/h3-17,20H,18H2,1-2H3,(H,28,32)(H,29,31)(H,30,33)/b16-13+. The van der Waals surface area contributed by atoms with Crippen LogP contribution in [0.15, 0.2) is 84.9 Å². The van der Waals surface area contributed by atoms with Gasteiger partial charge in [-0.3, -0.25) is 14.4 Å². The Morgan fingerprint density at radius 3 is 2.36 bits per heavy atom. The van der Waals surface area contributed by atoms with Crippen molar-refractivity contribution in [3.8, 4) is 0 Å². The van der Waals surface area contributed by atoms with Crippen LogP contribution in [0.3, 0.4) is 0 Å². The molecule has 1 atom stereocenters. The van der Waals surface area contributed by atoms with Crippen molar-refractivity contribution in [3.05, 3.63) is 107 Å². The van der Waals surface area contributed by atoms with E-state index in [0.717, 1.165) is 16.7 Å². The van der Waals surface area contributed by atoms with Gasteiger partial charge in [0.15, 0.2) is 0 Å². The third-order valence-corrected chi connectivity index (χ3v) is 4.94. The molecule has 0 spiro atoms. The van der Waals surface area contributed by atoms with Gasteiger partial charge in [0, 0.05) is 23.9 Å². The molecule has 168 valence electrons. The van der Waals surface area contributed by atoms with Gasteiger partial charge in [0.1, 0.15) is 6.04 Å². The highest BCUT2D eigenvalue weighted by Crippen LogP contribution is 2.13. The van der Waals surface area contributed by atoms with Gasteiger partial charge in [-0.2, -0.15) is 0 Å². The van der Waals surface area contributed by atoms with E-state index in [4.69, 9.17) is 0 Å². The molecular formula is C27H27N3O3. The minimum Gasteiger partial charge on any atom is -0.350 e. The predicted molar refractivity (Wildman–Crippen MR) is 131 cm³/mol. The Morgan fingerprint density at radius 2 is 1.64 bits per heavy atom. The first-order chi connectivity index (χ1) is 15.9. The van der Waals surface area contributed by atoms with E-state index in [-0.39, 0.29) is 24.3 Å². The van der Waals surface area contributed by atoms with Crippen LogP contribution < -0.4 is 16.0 Å². The van der Waals surface area contributed by atoms with Crippen LogP contribution in [0.4, 0.5) is 5.69 Å². The molecule has 0 fully saturated rings. The third-order valence-electron chi connectivity index (χ3n) is 4.94. The summed E-state index contributed by atoms with van der Waals surface area (Å²) in [6.07, 6.45) is 3.09. The van der Waals surface area contributed by atoms with E-state index >= 15 is 0 Å². The number of hydrogen-bond acceptors (Lipinski definition) is 3. The summed E-state index contributed by atoms with van der Waals surface area (Å²) in [6, 6.07) is 23.3. The van der Waals surface area contributed by atoms with Crippen molar-refractivity contribution >= 4 is 29.5 Å². The van der Waals surface area contributed by atoms with Crippen molar-refractivity contribution in [1.29, 1.82) is 0 Å². The number of benzene rings is 3. The maximum Gasteiger partial charge on any atom is 0.255 e. The van der Waals surface area contributed by atoms with Gasteiger partial charge in [-0.25, -0.2) is 0 Å². The van der Waals surface area contributed by atoms with Crippen LogP contribution in [0.5, 0.6) is 0 Å². The third kappa shape index (κ3) is 7.47. The molecule has 6 nitrogen and oxygen atoms in total. The second kappa shape index (κ2) is 11.4. The summed E-state index contributed by atoms with van der Waals surface area (Å²) >= 11 is 0. The smallest absolute Gasteiger partial charge is 0.255 e. The molecule has 0 aliphatic carbocycles. The van der Waals surface area contributed by atoms with Crippen LogP contribution in [0.1, 0.15) is 34.0 Å². The molecule has 0 radical (unpaired) electrons. The summed E-state index contributed by atoms with van der Waals surface area (Å²) in [5.41, 5.74) is 4.03. The number of rotatable bonds is 8. The zero-order valence-electron chi connectivity index (χ0n) is 18.7. The quantitative estimate of drug-likeness (QED) is 0.460. The van der Waals surface area contributed by atoms with Crippen LogP contribution in [-0.2, 0) is 16.1 Å².